The Labute approximate surface area is 116 Å². The topological polar surface area (TPSA) is 88.9 Å². The number of carbonyl (C=O) groups excluding carboxylic acids is 2. The van der Waals surface area contributed by atoms with E-state index in [4.69, 9.17) is 0 Å². The van der Waals surface area contributed by atoms with Gasteiger partial charge in [-0.15, -0.1) is 5.10 Å². The van der Waals surface area contributed by atoms with Gasteiger partial charge in [-0.05, 0) is 19.2 Å². The number of hydrogen-bond acceptors (Lipinski definition) is 5. The number of rotatable bonds is 5. The van der Waals surface area contributed by atoms with Crippen molar-refractivity contribution in [3.63, 3.8) is 0 Å². The quantitative estimate of drug-likeness (QED) is 0.797. The summed E-state index contributed by atoms with van der Waals surface area (Å²) in [5.41, 5.74) is 1.17. The van der Waals surface area contributed by atoms with Crippen LogP contribution in [0.2, 0.25) is 0 Å². The highest BCUT2D eigenvalue weighted by atomic mass is 16.2. The van der Waals surface area contributed by atoms with Crippen molar-refractivity contribution in [3.8, 4) is 0 Å². The smallest absolute Gasteiger partial charge is 0.257 e. The summed E-state index contributed by atoms with van der Waals surface area (Å²) in [6.45, 7) is 0.528. The Morgan fingerprint density at radius 1 is 1.25 bits per heavy atom. The third kappa shape index (κ3) is 3.72. The Hall–Kier alpha value is -2.54. The highest BCUT2D eigenvalue weighted by molar-refractivity contribution is 6.04. The van der Waals surface area contributed by atoms with Crippen LogP contribution < -0.4 is 10.6 Å². The van der Waals surface area contributed by atoms with Crippen molar-refractivity contribution >= 4 is 11.8 Å². The minimum absolute atomic E-state index is 0.0463. The molecule has 0 bridgehead atoms. The molecule has 1 aromatic heterocycles. The minimum Gasteiger partial charge on any atom is -0.314 e. The lowest BCUT2D eigenvalue weighted by atomic mass is 10.2. The van der Waals surface area contributed by atoms with E-state index in [0.717, 1.165) is 5.69 Å². The van der Waals surface area contributed by atoms with Crippen molar-refractivity contribution in [1.82, 2.24) is 25.6 Å². The maximum absolute atomic E-state index is 11.8. The van der Waals surface area contributed by atoms with Crippen LogP contribution in [0.1, 0.15) is 16.1 Å². The van der Waals surface area contributed by atoms with Crippen LogP contribution in [-0.4, -0.2) is 33.9 Å². The number of nitrogens with one attached hydrogen (secondary N) is 2. The zero-order chi connectivity index (χ0) is 14.4. The summed E-state index contributed by atoms with van der Waals surface area (Å²) in [7, 11) is 1.80. The molecule has 2 aromatic rings. The number of carbonyl (C=O) groups is 2. The number of imide groups is 1. The number of amides is 2. The first-order valence-corrected chi connectivity index (χ1v) is 6.12. The van der Waals surface area contributed by atoms with E-state index < -0.39 is 11.8 Å². The molecule has 104 valence electrons. The minimum atomic E-state index is -0.431. The zero-order valence-corrected chi connectivity index (χ0v) is 11.0. The molecule has 0 unspecified atom stereocenters. The molecule has 2 rings (SSSR count). The fourth-order valence-electron chi connectivity index (χ4n) is 1.65. The molecule has 0 saturated carbocycles. The lowest BCUT2D eigenvalue weighted by Gasteiger charge is -2.03. The van der Waals surface area contributed by atoms with Gasteiger partial charge in [-0.1, -0.05) is 23.4 Å². The molecule has 0 radical (unpaired) electrons. The third-order valence-corrected chi connectivity index (χ3v) is 2.54. The van der Waals surface area contributed by atoms with Crippen LogP contribution in [0.4, 0.5) is 0 Å². The van der Waals surface area contributed by atoms with Crippen molar-refractivity contribution in [2.24, 2.45) is 0 Å². The first-order chi connectivity index (χ1) is 9.69. The molecule has 20 heavy (non-hydrogen) atoms. The Kier molecular flexibility index (Phi) is 4.56. The number of aromatic nitrogens is 3. The molecule has 0 aliphatic carbocycles. The van der Waals surface area contributed by atoms with Crippen LogP contribution in [0.25, 0.3) is 0 Å². The summed E-state index contributed by atoms with van der Waals surface area (Å²) in [4.78, 5) is 23.5. The van der Waals surface area contributed by atoms with Gasteiger partial charge >= 0.3 is 0 Å². The average Bonchev–Trinajstić information content (AvgIpc) is 2.87. The predicted molar refractivity (Wildman–Crippen MR) is 71.7 cm³/mol. The Morgan fingerprint density at radius 2 is 2.00 bits per heavy atom. The van der Waals surface area contributed by atoms with Gasteiger partial charge in [-0.25, -0.2) is 4.68 Å². The molecular weight excluding hydrogens is 258 g/mol. The molecular formula is C13H15N5O2. The summed E-state index contributed by atoms with van der Waals surface area (Å²) in [6.07, 6.45) is 1.66. The van der Waals surface area contributed by atoms with Crippen molar-refractivity contribution in [1.29, 1.82) is 0 Å². The van der Waals surface area contributed by atoms with Crippen LogP contribution >= 0.6 is 0 Å². The van der Waals surface area contributed by atoms with E-state index >= 15 is 0 Å². The van der Waals surface area contributed by atoms with Crippen LogP contribution in [-0.2, 0) is 17.9 Å². The summed E-state index contributed by atoms with van der Waals surface area (Å²) in [5.74, 6) is -0.856. The van der Waals surface area contributed by atoms with E-state index in [-0.39, 0.29) is 6.54 Å². The molecule has 0 aliphatic heterocycles. The fraction of sp³-hybridized carbons (Fsp3) is 0.231. The molecule has 7 nitrogen and oxygen atoms in total. The third-order valence-electron chi connectivity index (χ3n) is 2.54. The summed E-state index contributed by atoms with van der Waals surface area (Å²) in [5, 5.41) is 12.9. The van der Waals surface area contributed by atoms with Gasteiger partial charge in [0.1, 0.15) is 6.54 Å². The second-order valence-electron chi connectivity index (χ2n) is 4.18. The van der Waals surface area contributed by atoms with Gasteiger partial charge in [0.15, 0.2) is 0 Å². The van der Waals surface area contributed by atoms with E-state index in [9.17, 15) is 9.59 Å². The van der Waals surface area contributed by atoms with Crippen molar-refractivity contribution in [3.05, 3.63) is 47.8 Å². The molecule has 1 aromatic carbocycles. The van der Waals surface area contributed by atoms with Gasteiger partial charge in [0, 0.05) is 12.1 Å². The van der Waals surface area contributed by atoms with Gasteiger partial charge in [0.2, 0.25) is 5.91 Å². The summed E-state index contributed by atoms with van der Waals surface area (Å²) < 4.78 is 1.39. The predicted octanol–water partition coefficient (Wildman–Crippen LogP) is -0.0459. The van der Waals surface area contributed by atoms with Crippen LogP contribution in [0.15, 0.2) is 36.5 Å². The second kappa shape index (κ2) is 6.58. The molecule has 0 atom stereocenters. The Balaban J connectivity index is 1.90. The van der Waals surface area contributed by atoms with Crippen LogP contribution in [0, 0.1) is 0 Å². The fourth-order valence-corrected chi connectivity index (χ4v) is 1.65. The molecule has 0 aliphatic rings. The number of benzene rings is 1. The van der Waals surface area contributed by atoms with E-state index in [0.29, 0.717) is 12.1 Å². The van der Waals surface area contributed by atoms with Crippen molar-refractivity contribution in [2.75, 3.05) is 7.05 Å². The van der Waals surface area contributed by atoms with Gasteiger partial charge in [-0.2, -0.15) is 0 Å². The van der Waals surface area contributed by atoms with E-state index in [1.807, 2.05) is 0 Å². The normalized spacial score (nSPS) is 10.2. The molecule has 0 fully saturated rings. The highest BCUT2D eigenvalue weighted by Crippen LogP contribution is 1.98. The maximum Gasteiger partial charge on any atom is 0.257 e. The second-order valence-corrected chi connectivity index (χ2v) is 4.18. The van der Waals surface area contributed by atoms with Crippen LogP contribution in [0.3, 0.4) is 0 Å². The lowest BCUT2D eigenvalue weighted by molar-refractivity contribution is -0.120. The summed E-state index contributed by atoms with van der Waals surface area (Å²) >= 11 is 0. The van der Waals surface area contributed by atoms with E-state index in [1.54, 1.807) is 43.6 Å². The van der Waals surface area contributed by atoms with Gasteiger partial charge in [-0.3, -0.25) is 14.9 Å². The van der Waals surface area contributed by atoms with Gasteiger partial charge in [0.05, 0.1) is 11.9 Å². The molecule has 1 heterocycles. The first kappa shape index (κ1) is 13.9. The van der Waals surface area contributed by atoms with Gasteiger partial charge < -0.3 is 5.32 Å². The van der Waals surface area contributed by atoms with Crippen LogP contribution in [0.5, 0.6) is 0 Å². The highest BCUT2D eigenvalue weighted by Gasteiger charge is 2.11. The van der Waals surface area contributed by atoms with E-state index in [2.05, 4.69) is 20.9 Å². The monoisotopic (exact) mass is 273 g/mol. The van der Waals surface area contributed by atoms with Crippen molar-refractivity contribution in [2.45, 2.75) is 13.1 Å². The largest absolute Gasteiger partial charge is 0.314 e. The molecule has 2 amide bonds. The Bertz CT molecular complexity index is 594. The standard InChI is InChI=1S/C13H15N5O2/c1-14-7-11-8-18(17-16-11)9-12(19)15-13(20)10-5-3-2-4-6-10/h2-6,8,14H,7,9H2,1H3,(H,15,19,20). The molecule has 2 N–H and O–H groups in total. The average molecular weight is 273 g/mol. The first-order valence-electron chi connectivity index (χ1n) is 6.12. The number of hydrogen-bond donors (Lipinski definition) is 2. The van der Waals surface area contributed by atoms with Gasteiger partial charge in [0.25, 0.3) is 5.91 Å². The summed E-state index contributed by atoms with van der Waals surface area (Å²) in [6, 6.07) is 8.56. The lowest BCUT2D eigenvalue weighted by Crippen LogP contribution is -2.33. The molecule has 0 spiro atoms. The van der Waals surface area contributed by atoms with E-state index in [1.165, 1.54) is 4.68 Å². The Morgan fingerprint density at radius 3 is 2.70 bits per heavy atom. The molecule has 7 heteroatoms. The number of nitrogens with zero attached hydrogens (tertiary/aromatic N) is 3. The zero-order valence-electron chi connectivity index (χ0n) is 11.0. The SMILES string of the molecule is CNCc1cn(CC(=O)NC(=O)c2ccccc2)nn1. The molecule has 0 saturated heterocycles. The maximum atomic E-state index is 11.8. The van der Waals surface area contributed by atoms with Crippen molar-refractivity contribution < 1.29 is 9.59 Å².